The van der Waals surface area contributed by atoms with E-state index >= 15 is 0 Å². The average Bonchev–Trinajstić information content (AvgIpc) is 3.28. The number of hydrogen-bond acceptors (Lipinski definition) is 6. The van der Waals surface area contributed by atoms with Crippen LogP contribution in [-0.4, -0.2) is 43.6 Å². The van der Waals surface area contributed by atoms with Crippen molar-refractivity contribution in [2.45, 2.75) is 57.7 Å². The first-order chi connectivity index (χ1) is 15.6. The van der Waals surface area contributed by atoms with Crippen LogP contribution in [0.5, 0.6) is 0 Å². The van der Waals surface area contributed by atoms with Gasteiger partial charge in [0.25, 0.3) is 0 Å². The lowest BCUT2D eigenvalue weighted by atomic mass is 9.77. The Balaban J connectivity index is 1.54. The maximum atomic E-state index is 14.6. The largest absolute Gasteiger partial charge is 0.365 e. The fourth-order valence-corrected chi connectivity index (χ4v) is 4.75. The third-order valence-corrected chi connectivity index (χ3v) is 6.65. The Morgan fingerprint density at radius 1 is 1.12 bits per heavy atom. The second-order valence-corrected chi connectivity index (χ2v) is 9.88. The number of aromatic nitrogens is 3. The van der Waals surface area contributed by atoms with Crippen LogP contribution in [0, 0.1) is 17.1 Å². The van der Waals surface area contributed by atoms with Crippen LogP contribution in [0.3, 0.4) is 0 Å². The van der Waals surface area contributed by atoms with Crippen LogP contribution in [-0.2, 0) is 0 Å². The highest BCUT2D eigenvalue weighted by Gasteiger charge is 2.43. The Morgan fingerprint density at radius 2 is 1.79 bits per heavy atom. The zero-order valence-corrected chi connectivity index (χ0v) is 19.7. The van der Waals surface area contributed by atoms with Crippen molar-refractivity contribution in [3.63, 3.8) is 0 Å². The summed E-state index contributed by atoms with van der Waals surface area (Å²) in [5.41, 5.74) is 1.88. The van der Waals surface area contributed by atoms with Gasteiger partial charge in [0.2, 0.25) is 5.95 Å². The van der Waals surface area contributed by atoms with Gasteiger partial charge in [-0.1, -0.05) is 0 Å². The number of nitrogens with zero attached hydrogens (tertiary/aromatic N) is 5. The van der Waals surface area contributed by atoms with Crippen LogP contribution in [0.25, 0.3) is 5.69 Å². The molecule has 2 aromatic heterocycles. The van der Waals surface area contributed by atoms with E-state index in [9.17, 15) is 9.65 Å². The van der Waals surface area contributed by atoms with E-state index in [2.05, 4.69) is 66.3 Å². The molecule has 0 bridgehead atoms. The monoisotopic (exact) mass is 447 g/mol. The van der Waals surface area contributed by atoms with Gasteiger partial charge in [-0.3, -0.25) is 4.90 Å². The number of rotatable bonds is 5. The molecule has 8 heteroatoms. The third-order valence-electron chi connectivity index (χ3n) is 6.65. The summed E-state index contributed by atoms with van der Waals surface area (Å²) < 4.78 is 16.5. The van der Waals surface area contributed by atoms with Crippen LogP contribution in [0.1, 0.15) is 46.1 Å². The summed E-state index contributed by atoms with van der Waals surface area (Å²) in [6, 6.07) is 11.5. The molecule has 0 amide bonds. The fourth-order valence-electron chi connectivity index (χ4n) is 4.75. The first kappa shape index (κ1) is 22.7. The van der Waals surface area contributed by atoms with E-state index in [4.69, 9.17) is 0 Å². The van der Waals surface area contributed by atoms with Crippen LogP contribution in [0.2, 0.25) is 0 Å². The van der Waals surface area contributed by atoms with Gasteiger partial charge in [0.15, 0.2) is 11.6 Å². The maximum Gasteiger partial charge on any atom is 0.229 e. The molecule has 0 spiro atoms. The summed E-state index contributed by atoms with van der Waals surface area (Å²) in [6.45, 7) is 8.82. The van der Waals surface area contributed by atoms with Crippen LogP contribution in [0.4, 0.5) is 21.8 Å². The lowest BCUT2D eigenvalue weighted by molar-refractivity contribution is -0.00778. The molecule has 0 saturated carbocycles. The van der Waals surface area contributed by atoms with E-state index in [1.165, 1.54) is 6.20 Å². The van der Waals surface area contributed by atoms with Crippen molar-refractivity contribution in [3.05, 3.63) is 60.3 Å². The number of benzene rings is 1. The molecule has 1 aliphatic rings. The summed E-state index contributed by atoms with van der Waals surface area (Å²) in [5.74, 6) is -0.0446. The van der Waals surface area contributed by atoms with Gasteiger partial charge in [-0.2, -0.15) is 10.2 Å². The Kier molecular flexibility index (Phi) is 5.85. The summed E-state index contributed by atoms with van der Waals surface area (Å²) in [5, 5.41) is 16.0. The van der Waals surface area contributed by atoms with Gasteiger partial charge >= 0.3 is 0 Å². The number of halogens is 1. The number of piperidine rings is 1. The smallest absolute Gasteiger partial charge is 0.229 e. The molecule has 1 fully saturated rings. The highest BCUT2D eigenvalue weighted by Crippen LogP contribution is 2.38. The van der Waals surface area contributed by atoms with Gasteiger partial charge < -0.3 is 15.2 Å². The first-order valence-corrected chi connectivity index (χ1v) is 11.1. The second-order valence-electron chi connectivity index (χ2n) is 9.88. The average molecular weight is 448 g/mol. The van der Waals surface area contributed by atoms with Crippen LogP contribution in [0.15, 0.2) is 48.9 Å². The van der Waals surface area contributed by atoms with Crippen molar-refractivity contribution >= 4 is 17.5 Å². The molecule has 0 aliphatic carbocycles. The van der Waals surface area contributed by atoms with E-state index in [-0.39, 0.29) is 28.9 Å². The van der Waals surface area contributed by atoms with Crippen molar-refractivity contribution < 1.29 is 4.39 Å². The highest BCUT2D eigenvalue weighted by molar-refractivity contribution is 5.63. The molecule has 3 heterocycles. The number of anilines is 3. The third kappa shape index (κ3) is 4.69. The minimum absolute atomic E-state index is 0.0286. The predicted octanol–water partition coefficient (Wildman–Crippen LogP) is 5.08. The number of hydrogen-bond donors (Lipinski definition) is 2. The van der Waals surface area contributed by atoms with Crippen molar-refractivity contribution in [1.82, 2.24) is 19.4 Å². The molecule has 2 N–H and O–H groups in total. The lowest BCUT2D eigenvalue weighted by Crippen LogP contribution is -2.61. The summed E-state index contributed by atoms with van der Waals surface area (Å²) in [7, 11) is 2.14. The zero-order valence-electron chi connectivity index (χ0n) is 19.7. The molecule has 1 aromatic carbocycles. The zero-order chi connectivity index (χ0) is 23.8. The molecule has 172 valence electrons. The number of nitriles is 1. The van der Waals surface area contributed by atoms with E-state index in [1.54, 1.807) is 6.07 Å². The number of likely N-dealkylation sites (tertiary alicyclic amines) is 1. The van der Waals surface area contributed by atoms with Gasteiger partial charge in [-0.15, -0.1) is 0 Å². The van der Waals surface area contributed by atoms with E-state index in [1.807, 2.05) is 41.2 Å². The van der Waals surface area contributed by atoms with Gasteiger partial charge in [0, 0.05) is 35.2 Å². The maximum absolute atomic E-state index is 14.6. The minimum Gasteiger partial charge on any atom is -0.365 e. The molecule has 4 rings (SSSR count). The van der Waals surface area contributed by atoms with E-state index in [0.29, 0.717) is 11.3 Å². The van der Waals surface area contributed by atoms with Crippen LogP contribution < -0.4 is 10.6 Å². The van der Waals surface area contributed by atoms with Crippen LogP contribution >= 0.6 is 0 Å². The lowest BCUT2D eigenvalue weighted by Gasteiger charge is -2.53. The molecule has 0 atom stereocenters. The Labute approximate surface area is 194 Å². The van der Waals surface area contributed by atoms with E-state index in [0.717, 1.165) is 18.5 Å². The molecule has 33 heavy (non-hydrogen) atoms. The second kappa shape index (κ2) is 8.49. The van der Waals surface area contributed by atoms with Crippen molar-refractivity contribution in [2.75, 3.05) is 17.7 Å². The van der Waals surface area contributed by atoms with Crippen molar-refractivity contribution in [2.24, 2.45) is 0 Å². The standard InChI is InChI=1S/C25H30FN7/c1-24(2)13-19(14-25(3,4)32(24)5)29-22-20(26)16-28-23(31-22)30-18-8-9-21(17(12-18)15-27)33-10-6-7-11-33/h6-12,16,19H,13-14H2,1-5H3,(H2,28,29,30,31). The SMILES string of the molecule is CN1C(C)(C)CC(Nc2nc(Nc3ccc(-n4cccc4)c(C#N)c3)ncc2F)CC1(C)C. The van der Waals surface area contributed by atoms with Crippen molar-refractivity contribution in [3.8, 4) is 11.8 Å². The Hall–Kier alpha value is -3.44. The van der Waals surface area contributed by atoms with E-state index < -0.39 is 5.82 Å². The molecule has 1 aliphatic heterocycles. The molecular formula is C25H30FN7. The number of nitrogens with one attached hydrogen (secondary N) is 2. The van der Waals surface area contributed by atoms with Gasteiger partial charge in [0.05, 0.1) is 17.4 Å². The molecular weight excluding hydrogens is 417 g/mol. The Morgan fingerprint density at radius 3 is 2.42 bits per heavy atom. The van der Waals surface area contributed by atoms with Gasteiger partial charge in [-0.05, 0) is 77.9 Å². The van der Waals surface area contributed by atoms with Gasteiger partial charge in [0.1, 0.15) is 6.07 Å². The normalized spacial score (nSPS) is 18.0. The molecule has 7 nitrogen and oxygen atoms in total. The Bertz CT molecular complexity index is 1160. The topological polar surface area (TPSA) is 81.8 Å². The highest BCUT2D eigenvalue weighted by atomic mass is 19.1. The minimum atomic E-state index is -0.490. The predicted molar refractivity (Wildman–Crippen MR) is 128 cm³/mol. The molecule has 0 unspecified atom stereocenters. The first-order valence-electron chi connectivity index (χ1n) is 11.1. The van der Waals surface area contributed by atoms with Gasteiger partial charge in [-0.25, -0.2) is 9.37 Å². The quantitative estimate of drug-likeness (QED) is 0.567. The summed E-state index contributed by atoms with van der Waals surface area (Å²) in [4.78, 5) is 10.9. The summed E-state index contributed by atoms with van der Waals surface area (Å²) >= 11 is 0. The molecule has 0 radical (unpaired) electrons. The van der Waals surface area contributed by atoms with Crippen molar-refractivity contribution in [1.29, 1.82) is 5.26 Å². The molecule has 3 aromatic rings. The fraction of sp³-hybridized carbons (Fsp3) is 0.400. The molecule has 1 saturated heterocycles. The summed E-state index contributed by atoms with van der Waals surface area (Å²) in [6.07, 6.45) is 6.67.